The molecule has 2 aromatic rings. The standard InChI is InChI=1S/C18H21Cl2N5O/c19-15-13(16(20)22-10-21-15)8-25-7-6-12-14(9-25)23-17(24-18(12)26)11-4-2-1-3-5-11/h10-11H,1-9H2,(H,23,24,26). The molecule has 0 atom stereocenters. The zero-order valence-electron chi connectivity index (χ0n) is 14.5. The minimum atomic E-state index is 0.0225. The highest BCUT2D eigenvalue weighted by atomic mass is 35.5. The number of aromatic nitrogens is 4. The van der Waals surface area contributed by atoms with Gasteiger partial charge in [0.25, 0.3) is 5.56 Å². The minimum Gasteiger partial charge on any atom is -0.310 e. The van der Waals surface area contributed by atoms with E-state index in [0.717, 1.165) is 42.0 Å². The summed E-state index contributed by atoms with van der Waals surface area (Å²) in [6.45, 7) is 1.91. The Morgan fingerprint density at radius 3 is 2.62 bits per heavy atom. The molecule has 0 amide bonds. The van der Waals surface area contributed by atoms with Crippen molar-refractivity contribution in [3.05, 3.63) is 49.6 Å². The van der Waals surface area contributed by atoms with Crippen LogP contribution in [0.25, 0.3) is 0 Å². The molecule has 0 aromatic carbocycles. The number of rotatable bonds is 3. The number of fused-ring (bicyclic) bond motifs is 1. The fraction of sp³-hybridized carbons (Fsp3) is 0.556. The predicted octanol–water partition coefficient (Wildman–Crippen LogP) is 3.47. The molecule has 1 saturated carbocycles. The zero-order valence-corrected chi connectivity index (χ0v) is 16.0. The summed E-state index contributed by atoms with van der Waals surface area (Å²) in [7, 11) is 0. The Labute approximate surface area is 162 Å². The molecular weight excluding hydrogens is 373 g/mol. The van der Waals surface area contributed by atoms with Crippen LogP contribution in [0.5, 0.6) is 0 Å². The van der Waals surface area contributed by atoms with Gasteiger partial charge in [0.15, 0.2) is 0 Å². The average Bonchev–Trinajstić information content (AvgIpc) is 2.65. The number of hydrogen-bond acceptors (Lipinski definition) is 5. The van der Waals surface area contributed by atoms with Gasteiger partial charge in [0.05, 0.1) is 5.69 Å². The molecule has 26 heavy (non-hydrogen) atoms. The van der Waals surface area contributed by atoms with Gasteiger partial charge in [-0.05, 0) is 19.3 Å². The van der Waals surface area contributed by atoms with Gasteiger partial charge in [-0.1, -0.05) is 42.5 Å². The minimum absolute atomic E-state index is 0.0225. The third-order valence-electron chi connectivity index (χ3n) is 5.38. The normalized spacial score (nSPS) is 18.7. The second-order valence-corrected chi connectivity index (χ2v) is 7.82. The summed E-state index contributed by atoms with van der Waals surface area (Å²) in [6, 6.07) is 0. The molecular formula is C18H21Cl2N5O. The Morgan fingerprint density at radius 1 is 1.15 bits per heavy atom. The molecule has 0 unspecified atom stereocenters. The largest absolute Gasteiger partial charge is 0.310 e. The maximum absolute atomic E-state index is 12.5. The van der Waals surface area contributed by atoms with Crippen LogP contribution in [-0.2, 0) is 19.5 Å². The number of nitrogens with one attached hydrogen (secondary N) is 1. The lowest BCUT2D eigenvalue weighted by Gasteiger charge is -2.29. The molecule has 0 spiro atoms. The molecule has 3 heterocycles. The van der Waals surface area contributed by atoms with E-state index in [4.69, 9.17) is 28.2 Å². The maximum atomic E-state index is 12.5. The first-order chi connectivity index (χ1) is 12.6. The molecule has 0 bridgehead atoms. The summed E-state index contributed by atoms with van der Waals surface area (Å²) in [5, 5.41) is 0.745. The van der Waals surface area contributed by atoms with E-state index in [1.165, 1.54) is 25.6 Å². The third kappa shape index (κ3) is 3.63. The molecule has 2 aromatic heterocycles. The van der Waals surface area contributed by atoms with Crippen molar-refractivity contribution in [1.29, 1.82) is 0 Å². The van der Waals surface area contributed by atoms with Gasteiger partial charge in [0.2, 0.25) is 0 Å². The van der Waals surface area contributed by atoms with E-state index in [-0.39, 0.29) is 5.56 Å². The number of nitrogens with zero attached hydrogens (tertiary/aromatic N) is 4. The lowest BCUT2D eigenvalue weighted by Crippen LogP contribution is -2.36. The van der Waals surface area contributed by atoms with Crippen LogP contribution in [0.2, 0.25) is 10.3 Å². The summed E-state index contributed by atoms with van der Waals surface area (Å²) in [5.41, 5.74) is 2.43. The summed E-state index contributed by atoms with van der Waals surface area (Å²) in [5.74, 6) is 1.23. The van der Waals surface area contributed by atoms with Gasteiger partial charge in [0.1, 0.15) is 22.5 Å². The summed E-state index contributed by atoms with van der Waals surface area (Å²) in [4.78, 5) is 30.6. The Balaban J connectivity index is 1.57. The van der Waals surface area contributed by atoms with Gasteiger partial charge in [0, 0.05) is 36.7 Å². The van der Waals surface area contributed by atoms with Crippen molar-refractivity contribution in [3.63, 3.8) is 0 Å². The van der Waals surface area contributed by atoms with Crippen molar-refractivity contribution >= 4 is 23.2 Å². The zero-order chi connectivity index (χ0) is 18.1. The highest BCUT2D eigenvalue weighted by Gasteiger charge is 2.25. The van der Waals surface area contributed by atoms with Crippen LogP contribution in [0.3, 0.4) is 0 Å². The molecule has 1 aliphatic heterocycles. The summed E-state index contributed by atoms with van der Waals surface area (Å²) < 4.78 is 0. The van der Waals surface area contributed by atoms with Gasteiger partial charge in [-0.2, -0.15) is 0 Å². The van der Waals surface area contributed by atoms with E-state index >= 15 is 0 Å². The number of halogens is 2. The highest BCUT2D eigenvalue weighted by molar-refractivity contribution is 6.34. The van der Waals surface area contributed by atoms with Crippen molar-refractivity contribution in [2.24, 2.45) is 0 Å². The number of H-pyrrole nitrogens is 1. The van der Waals surface area contributed by atoms with Gasteiger partial charge in [-0.15, -0.1) is 0 Å². The van der Waals surface area contributed by atoms with Crippen molar-refractivity contribution in [2.45, 2.75) is 57.5 Å². The Bertz CT molecular complexity index is 843. The van der Waals surface area contributed by atoms with E-state index in [9.17, 15) is 4.79 Å². The van der Waals surface area contributed by atoms with Crippen LogP contribution in [0.15, 0.2) is 11.1 Å². The van der Waals surface area contributed by atoms with Gasteiger partial charge >= 0.3 is 0 Å². The van der Waals surface area contributed by atoms with E-state index < -0.39 is 0 Å². The van der Waals surface area contributed by atoms with Crippen molar-refractivity contribution in [3.8, 4) is 0 Å². The quantitative estimate of drug-likeness (QED) is 0.807. The first kappa shape index (κ1) is 17.9. The van der Waals surface area contributed by atoms with Crippen LogP contribution in [0.1, 0.15) is 60.7 Å². The number of aromatic amines is 1. The lowest BCUT2D eigenvalue weighted by molar-refractivity contribution is 0.239. The van der Waals surface area contributed by atoms with E-state index in [2.05, 4.69) is 19.9 Å². The second-order valence-electron chi connectivity index (χ2n) is 7.11. The molecule has 2 aliphatic rings. The molecule has 0 radical (unpaired) electrons. The summed E-state index contributed by atoms with van der Waals surface area (Å²) in [6.07, 6.45) is 7.95. The fourth-order valence-corrected chi connectivity index (χ4v) is 4.38. The third-order valence-corrected chi connectivity index (χ3v) is 6.04. The van der Waals surface area contributed by atoms with Gasteiger partial charge < -0.3 is 4.98 Å². The highest BCUT2D eigenvalue weighted by Crippen LogP contribution is 2.31. The molecule has 4 rings (SSSR count). The van der Waals surface area contributed by atoms with Crippen LogP contribution in [0, 0.1) is 0 Å². The Morgan fingerprint density at radius 2 is 1.88 bits per heavy atom. The van der Waals surface area contributed by atoms with Crippen LogP contribution < -0.4 is 5.56 Å². The first-order valence-electron chi connectivity index (χ1n) is 9.11. The van der Waals surface area contributed by atoms with Gasteiger partial charge in [-0.3, -0.25) is 9.69 Å². The Hall–Kier alpha value is -1.50. The topological polar surface area (TPSA) is 74.8 Å². The number of hydrogen-bond donors (Lipinski definition) is 1. The Kier molecular flexibility index (Phi) is 5.25. The van der Waals surface area contributed by atoms with Gasteiger partial charge in [-0.25, -0.2) is 15.0 Å². The molecule has 138 valence electrons. The first-order valence-corrected chi connectivity index (χ1v) is 9.86. The molecule has 6 nitrogen and oxygen atoms in total. The van der Waals surface area contributed by atoms with Crippen molar-refractivity contribution < 1.29 is 0 Å². The lowest BCUT2D eigenvalue weighted by atomic mass is 9.88. The molecule has 1 fully saturated rings. The molecule has 0 saturated heterocycles. The van der Waals surface area contributed by atoms with E-state index in [1.54, 1.807) is 0 Å². The smallest absolute Gasteiger partial charge is 0.254 e. The van der Waals surface area contributed by atoms with Crippen LogP contribution in [-0.4, -0.2) is 31.4 Å². The molecule has 8 heteroatoms. The van der Waals surface area contributed by atoms with Crippen LogP contribution >= 0.6 is 23.2 Å². The average molecular weight is 394 g/mol. The SMILES string of the molecule is O=c1[nH]c(C2CCCCC2)nc2c1CCN(Cc1c(Cl)ncnc1Cl)C2. The predicted molar refractivity (Wildman–Crippen MR) is 101 cm³/mol. The molecule has 1 aliphatic carbocycles. The monoisotopic (exact) mass is 393 g/mol. The fourth-order valence-electron chi connectivity index (χ4n) is 3.94. The maximum Gasteiger partial charge on any atom is 0.254 e. The van der Waals surface area contributed by atoms with E-state index in [1.807, 2.05) is 0 Å². The van der Waals surface area contributed by atoms with E-state index in [0.29, 0.717) is 35.7 Å². The summed E-state index contributed by atoms with van der Waals surface area (Å²) >= 11 is 12.3. The van der Waals surface area contributed by atoms with Crippen molar-refractivity contribution in [1.82, 2.24) is 24.8 Å². The van der Waals surface area contributed by atoms with Crippen LogP contribution in [0.4, 0.5) is 0 Å². The second kappa shape index (κ2) is 7.62. The molecule has 1 N–H and O–H groups in total. The van der Waals surface area contributed by atoms with Crippen molar-refractivity contribution in [2.75, 3.05) is 6.54 Å².